The Kier molecular flexibility index (Phi) is 2.52. The molecule has 0 bridgehead atoms. The van der Waals surface area contributed by atoms with Crippen LogP contribution in [0.2, 0.25) is 0 Å². The maximum atomic E-state index is 12.4. The fourth-order valence-electron chi connectivity index (χ4n) is 3.20. The molecule has 0 fully saturated rings. The van der Waals surface area contributed by atoms with Gasteiger partial charge in [-0.1, -0.05) is 36.4 Å². The van der Waals surface area contributed by atoms with Crippen molar-refractivity contribution >= 4 is 17.3 Å². The fraction of sp³-hybridized carbons (Fsp3) is 0.235. The van der Waals surface area contributed by atoms with Gasteiger partial charge in [-0.25, -0.2) is 5.01 Å². The Labute approximate surface area is 118 Å². The second kappa shape index (κ2) is 4.37. The van der Waals surface area contributed by atoms with Crippen molar-refractivity contribution in [3.05, 3.63) is 59.7 Å². The predicted octanol–water partition coefficient (Wildman–Crippen LogP) is 2.94. The second-order valence-corrected chi connectivity index (χ2v) is 5.34. The molecule has 20 heavy (non-hydrogen) atoms. The number of hydrogen-bond acceptors (Lipinski definition) is 2. The van der Waals surface area contributed by atoms with Gasteiger partial charge in [0.25, 0.3) is 0 Å². The number of benzene rings is 2. The third kappa shape index (κ3) is 1.63. The smallest absolute Gasteiger partial charge is 0.246 e. The number of anilines is 2. The molecule has 0 unspecified atom stereocenters. The van der Waals surface area contributed by atoms with E-state index in [1.165, 1.54) is 11.1 Å². The van der Waals surface area contributed by atoms with Crippen LogP contribution in [0.25, 0.3) is 0 Å². The largest absolute Gasteiger partial charge is 0.278 e. The predicted molar refractivity (Wildman–Crippen MR) is 79.7 cm³/mol. The number of carbonyl (C=O) groups excluding carboxylic acids is 1. The summed E-state index contributed by atoms with van der Waals surface area (Å²) in [7, 11) is 0. The Bertz CT molecular complexity index is 680. The molecule has 0 atom stereocenters. The number of aryl methyl sites for hydroxylation is 1. The third-order valence-electron chi connectivity index (χ3n) is 4.17. The van der Waals surface area contributed by atoms with Gasteiger partial charge >= 0.3 is 0 Å². The molecule has 3 nitrogen and oxygen atoms in total. The zero-order chi connectivity index (χ0) is 13.5. The van der Waals surface area contributed by atoms with Crippen molar-refractivity contribution in [2.45, 2.75) is 19.3 Å². The van der Waals surface area contributed by atoms with E-state index in [-0.39, 0.29) is 5.91 Å². The zero-order valence-electron chi connectivity index (χ0n) is 11.2. The van der Waals surface area contributed by atoms with Crippen LogP contribution in [0.3, 0.4) is 0 Å². The minimum Gasteiger partial charge on any atom is -0.278 e. The molecule has 2 aromatic rings. The molecule has 2 aromatic carbocycles. The van der Waals surface area contributed by atoms with Gasteiger partial charge in [0.1, 0.15) is 0 Å². The molecule has 2 aliphatic heterocycles. The fourth-order valence-corrected chi connectivity index (χ4v) is 3.20. The SMILES string of the molecule is O=C1CCc2ccccc2N1N1CCc2ccccc21. The highest BCUT2D eigenvalue weighted by atomic mass is 16.2. The third-order valence-corrected chi connectivity index (χ3v) is 4.17. The van der Waals surface area contributed by atoms with E-state index in [1.54, 1.807) is 0 Å². The van der Waals surface area contributed by atoms with Gasteiger partial charge in [0.2, 0.25) is 5.91 Å². The summed E-state index contributed by atoms with van der Waals surface area (Å²) in [5.41, 5.74) is 4.79. The van der Waals surface area contributed by atoms with Crippen molar-refractivity contribution < 1.29 is 4.79 Å². The molecule has 3 heteroatoms. The van der Waals surface area contributed by atoms with E-state index < -0.39 is 0 Å². The topological polar surface area (TPSA) is 23.6 Å². The Hall–Kier alpha value is -2.29. The van der Waals surface area contributed by atoms with Gasteiger partial charge in [0.05, 0.1) is 11.4 Å². The highest BCUT2D eigenvalue weighted by Gasteiger charge is 2.32. The zero-order valence-corrected chi connectivity index (χ0v) is 11.2. The molecule has 0 aromatic heterocycles. The van der Waals surface area contributed by atoms with Crippen LogP contribution in [0.5, 0.6) is 0 Å². The molecule has 0 N–H and O–H groups in total. The number of para-hydroxylation sites is 2. The molecule has 1 amide bonds. The Balaban J connectivity index is 1.81. The first-order valence-electron chi connectivity index (χ1n) is 7.11. The molecule has 100 valence electrons. The molecule has 2 aliphatic rings. The van der Waals surface area contributed by atoms with E-state index >= 15 is 0 Å². The number of amides is 1. The lowest BCUT2D eigenvalue weighted by Crippen LogP contribution is -2.48. The van der Waals surface area contributed by atoms with Crippen LogP contribution in [0.4, 0.5) is 11.4 Å². The van der Waals surface area contributed by atoms with Gasteiger partial charge in [0, 0.05) is 13.0 Å². The van der Waals surface area contributed by atoms with Crippen LogP contribution < -0.4 is 10.0 Å². The lowest BCUT2D eigenvalue weighted by atomic mass is 10.0. The maximum absolute atomic E-state index is 12.4. The molecule has 0 spiro atoms. The van der Waals surface area contributed by atoms with Crippen molar-refractivity contribution in [1.82, 2.24) is 0 Å². The van der Waals surface area contributed by atoms with Gasteiger partial charge in [-0.05, 0) is 36.1 Å². The van der Waals surface area contributed by atoms with E-state index in [1.807, 2.05) is 29.3 Å². The molecule has 4 rings (SSSR count). The monoisotopic (exact) mass is 264 g/mol. The van der Waals surface area contributed by atoms with Crippen molar-refractivity contribution in [2.24, 2.45) is 0 Å². The van der Waals surface area contributed by atoms with Crippen LogP contribution in [0.1, 0.15) is 17.5 Å². The Morgan fingerprint density at radius 3 is 2.20 bits per heavy atom. The van der Waals surface area contributed by atoms with Crippen molar-refractivity contribution in [1.29, 1.82) is 0 Å². The average Bonchev–Trinajstić information content (AvgIpc) is 2.91. The normalized spacial score (nSPS) is 17.1. The van der Waals surface area contributed by atoms with E-state index in [2.05, 4.69) is 29.3 Å². The molecule has 0 aliphatic carbocycles. The number of rotatable bonds is 1. The summed E-state index contributed by atoms with van der Waals surface area (Å²) < 4.78 is 0. The lowest BCUT2D eigenvalue weighted by molar-refractivity contribution is -0.119. The summed E-state index contributed by atoms with van der Waals surface area (Å²) in [5, 5.41) is 4.01. The van der Waals surface area contributed by atoms with Crippen LogP contribution in [0.15, 0.2) is 48.5 Å². The summed E-state index contributed by atoms with van der Waals surface area (Å²) in [6.07, 6.45) is 2.44. The molecular formula is C17H16N2O. The summed E-state index contributed by atoms with van der Waals surface area (Å²) in [4.78, 5) is 12.4. The first kappa shape index (κ1) is 11.5. The number of carbonyl (C=O) groups is 1. The minimum absolute atomic E-state index is 0.195. The van der Waals surface area contributed by atoms with Gasteiger partial charge in [-0.15, -0.1) is 0 Å². The van der Waals surface area contributed by atoms with Crippen LogP contribution >= 0.6 is 0 Å². The van der Waals surface area contributed by atoms with E-state index in [9.17, 15) is 4.79 Å². The summed E-state index contributed by atoms with van der Waals surface area (Å²) in [6.45, 7) is 0.874. The number of hydrogen-bond donors (Lipinski definition) is 0. The average molecular weight is 264 g/mol. The van der Waals surface area contributed by atoms with Crippen LogP contribution in [-0.2, 0) is 17.6 Å². The number of nitrogens with zero attached hydrogens (tertiary/aromatic N) is 2. The molecule has 0 saturated heterocycles. The van der Waals surface area contributed by atoms with Crippen molar-refractivity contribution in [3.63, 3.8) is 0 Å². The highest BCUT2D eigenvalue weighted by molar-refractivity contribution is 5.99. The van der Waals surface area contributed by atoms with Gasteiger partial charge in [0.15, 0.2) is 0 Å². The molecule has 0 saturated carbocycles. The first-order valence-corrected chi connectivity index (χ1v) is 7.11. The minimum atomic E-state index is 0.195. The molecule has 2 heterocycles. The highest BCUT2D eigenvalue weighted by Crippen LogP contribution is 2.35. The number of fused-ring (bicyclic) bond motifs is 2. The van der Waals surface area contributed by atoms with Gasteiger partial charge in [-0.3, -0.25) is 9.80 Å². The van der Waals surface area contributed by atoms with Crippen molar-refractivity contribution in [3.8, 4) is 0 Å². The summed E-state index contributed by atoms with van der Waals surface area (Å²) >= 11 is 0. The van der Waals surface area contributed by atoms with Crippen molar-refractivity contribution in [2.75, 3.05) is 16.6 Å². The van der Waals surface area contributed by atoms with E-state index in [0.717, 1.165) is 30.8 Å². The van der Waals surface area contributed by atoms with E-state index in [0.29, 0.717) is 6.42 Å². The molecular weight excluding hydrogens is 248 g/mol. The summed E-state index contributed by atoms with van der Waals surface area (Å²) in [5.74, 6) is 0.195. The number of hydrazine groups is 1. The quantitative estimate of drug-likeness (QED) is 0.790. The second-order valence-electron chi connectivity index (χ2n) is 5.34. The summed E-state index contributed by atoms with van der Waals surface area (Å²) in [6, 6.07) is 16.6. The van der Waals surface area contributed by atoms with Crippen LogP contribution in [-0.4, -0.2) is 12.5 Å². The lowest BCUT2D eigenvalue weighted by Gasteiger charge is -2.37. The maximum Gasteiger partial charge on any atom is 0.246 e. The standard InChI is InChI=1S/C17H16N2O/c20-17-10-9-13-5-2-4-8-16(13)19(17)18-12-11-14-6-1-3-7-15(14)18/h1-8H,9-12H2. The van der Waals surface area contributed by atoms with Gasteiger partial charge in [-0.2, -0.15) is 0 Å². The van der Waals surface area contributed by atoms with Gasteiger partial charge < -0.3 is 0 Å². The first-order chi connectivity index (χ1) is 9.84. The van der Waals surface area contributed by atoms with E-state index in [4.69, 9.17) is 0 Å². The van der Waals surface area contributed by atoms with Crippen LogP contribution in [0, 0.1) is 0 Å². The Morgan fingerprint density at radius 1 is 0.750 bits per heavy atom. The molecule has 0 radical (unpaired) electrons. The Morgan fingerprint density at radius 2 is 1.40 bits per heavy atom.